The molecule has 1 saturated carbocycles. The zero-order valence-corrected chi connectivity index (χ0v) is 14.3. The SMILES string of the molecule is COCCCNC(=O)C1CC1C(=O)NCCc1ccccc1OC. The minimum absolute atomic E-state index is 0.0315. The normalized spacial score (nSPS) is 18.8. The highest BCUT2D eigenvalue weighted by molar-refractivity contribution is 5.92. The fourth-order valence-corrected chi connectivity index (χ4v) is 2.69. The second-order valence-electron chi connectivity index (χ2n) is 5.94. The second kappa shape index (κ2) is 9.27. The maximum absolute atomic E-state index is 12.1. The van der Waals surface area contributed by atoms with E-state index in [1.54, 1.807) is 14.2 Å². The third-order valence-electron chi connectivity index (χ3n) is 4.17. The van der Waals surface area contributed by atoms with Crippen LogP contribution < -0.4 is 15.4 Å². The van der Waals surface area contributed by atoms with Crippen LogP contribution in [0.5, 0.6) is 5.75 Å². The van der Waals surface area contributed by atoms with Crippen LogP contribution in [0.1, 0.15) is 18.4 Å². The van der Waals surface area contributed by atoms with Crippen molar-refractivity contribution >= 4 is 11.8 Å². The number of carbonyl (C=O) groups is 2. The second-order valence-corrected chi connectivity index (χ2v) is 5.94. The number of methoxy groups -OCH3 is 2. The number of nitrogens with one attached hydrogen (secondary N) is 2. The first kappa shape index (κ1) is 18.3. The summed E-state index contributed by atoms with van der Waals surface area (Å²) in [4.78, 5) is 24.0. The van der Waals surface area contributed by atoms with E-state index in [1.165, 1.54) is 0 Å². The van der Waals surface area contributed by atoms with Crippen LogP contribution in [0.15, 0.2) is 24.3 Å². The maximum atomic E-state index is 12.1. The lowest BCUT2D eigenvalue weighted by Crippen LogP contribution is -2.31. The molecule has 0 aliphatic heterocycles. The van der Waals surface area contributed by atoms with Crippen molar-refractivity contribution in [2.45, 2.75) is 19.3 Å². The number of benzene rings is 1. The zero-order chi connectivity index (χ0) is 17.4. The first-order valence-electron chi connectivity index (χ1n) is 8.33. The topological polar surface area (TPSA) is 76.7 Å². The fourth-order valence-electron chi connectivity index (χ4n) is 2.69. The molecule has 132 valence electrons. The summed E-state index contributed by atoms with van der Waals surface area (Å²) >= 11 is 0. The van der Waals surface area contributed by atoms with Gasteiger partial charge in [0.15, 0.2) is 0 Å². The van der Waals surface area contributed by atoms with Crippen LogP contribution in [0.4, 0.5) is 0 Å². The summed E-state index contributed by atoms with van der Waals surface area (Å²) in [6.07, 6.45) is 2.12. The number of amides is 2. The molecular formula is C18H26N2O4. The quantitative estimate of drug-likeness (QED) is 0.629. The minimum Gasteiger partial charge on any atom is -0.496 e. The van der Waals surface area contributed by atoms with Crippen LogP contribution in [0.25, 0.3) is 0 Å². The lowest BCUT2D eigenvalue weighted by atomic mass is 10.1. The van der Waals surface area contributed by atoms with Crippen molar-refractivity contribution in [3.8, 4) is 5.75 Å². The molecule has 1 aromatic rings. The molecule has 6 heteroatoms. The van der Waals surface area contributed by atoms with Gasteiger partial charge in [-0.25, -0.2) is 0 Å². The van der Waals surface area contributed by atoms with E-state index >= 15 is 0 Å². The molecule has 24 heavy (non-hydrogen) atoms. The summed E-state index contributed by atoms with van der Waals surface area (Å²) in [5.41, 5.74) is 1.06. The highest BCUT2D eigenvalue weighted by Crippen LogP contribution is 2.38. The molecule has 0 heterocycles. The molecule has 2 amide bonds. The number of carbonyl (C=O) groups excluding carboxylic acids is 2. The van der Waals surface area contributed by atoms with Crippen LogP contribution in [-0.4, -0.2) is 45.7 Å². The van der Waals surface area contributed by atoms with Crippen molar-refractivity contribution in [1.82, 2.24) is 10.6 Å². The Morgan fingerprint density at radius 3 is 2.42 bits per heavy atom. The molecule has 0 radical (unpaired) electrons. The first-order chi connectivity index (χ1) is 11.7. The summed E-state index contributed by atoms with van der Waals surface area (Å²) in [5, 5.41) is 5.76. The first-order valence-corrected chi connectivity index (χ1v) is 8.33. The molecule has 1 aliphatic carbocycles. The summed E-state index contributed by atoms with van der Waals surface area (Å²) in [5.74, 6) is 0.383. The molecular weight excluding hydrogens is 308 g/mol. The average Bonchev–Trinajstić information content (AvgIpc) is 3.40. The van der Waals surface area contributed by atoms with Crippen molar-refractivity contribution < 1.29 is 19.1 Å². The molecule has 0 bridgehead atoms. The van der Waals surface area contributed by atoms with Crippen molar-refractivity contribution in [1.29, 1.82) is 0 Å². The Morgan fingerprint density at radius 2 is 1.75 bits per heavy atom. The molecule has 1 aliphatic rings. The Bertz CT molecular complexity index is 562. The predicted octanol–water partition coefficient (Wildman–Crippen LogP) is 1.14. The third kappa shape index (κ3) is 5.23. The lowest BCUT2D eigenvalue weighted by molar-refractivity contribution is -0.127. The van der Waals surface area contributed by atoms with Gasteiger partial charge in [-0.2, -0.15) is 0 Å². The molecule has 0 spiro atoms. The van der Waals surface area contributed by atoms with Crippen molar-refractivity contribution in [2.75, 3.05) is 33.9 Å². The Hall–Kier alpha value is -2.08. The largest absolute Gasteiger partial charge is 0.496 e. The highest BCUT2D eigenvalue weighted by atomic mass is 16.5. The van der Waals surface area contributed by atoms with E-state index in [2.05, 4.69) is 10.6 Å². The Kier molecular flexibility index (Phi) is 7.06. The van der Waals surface area contributed by atoms with Gasteiger partial charge in [-0.15, -0.1) is 0 Å². The van der Waals surface area contributed by atoms with Gasteiger partial charge in [0.25, 0.3) is 0 Å². The van der Waals surface area contributed by atoms with Gasteiger partial charge in [-0.05, 0) is 30.9 Å². The summed E-state index contributed by atoms with van der Waals surface area (Å²) in [7, 11) is 3.27. The van der Waals surface area contributed by atoms with Gasteiger partial charge in [-0.1, -0.05) is 18.2 Å². The van der Waals surface area contributed by atoms with Gasteiger partial charge in [0, 0.05) is 26.8 Å². The van der Waals surface area contributed by atoms with Gasteiger partial charge in [0.05, 0.1) is 18.9 Å². The van der Waals surface area contributed by atoms with E-state index in [0.29, 0.717) is 32.5 Å². The fraction of sp³-hybridized carbons (Fsp3) is 0.556. The van der Waals surface area contributed by atoms with Crippen LogP contribution in [0.3, 0.4) is 0 Å². The maximum Gasteiger partial charge on any atom is 0.223 e. The molecule has 2 unspecified atom stereocenters. The van der Waals surface area contributed by atoms with Gasteiger partial charge in [0.2, 0.25) is 11.8 Å². The van der Waals surface area contributed by atoms with Crippen molar-refractivity contribution in [3.63, 3.8) is 0 Å². The van der Waals surface area contributed by atoms with Gasteiger partial charge in [0.1, 0.15) is 5.75 Å². The van der Waals surface area contributed by atoms with E-state index in [1.807, 2.05) is 24.3 Å². The number of hydrogen-bond donors (Lipinski definition) is 2. The molecule has 2 N–H and O–H groups in total. The zero-order valence-electron chi connectivity index (χ0n) is 14.3. The monoisotopic (exact) mass is 334 g/mol. The van der Waals surface area contributed by atoms with E-state index in [0.717, 1.165) is 17.7 Å². The van der Waals surface area contributed by atoms with Gasteiger partial charge in [-0.3, -0.25) is 9.59 Å². The van der Waals surface area contributed by atoms with E-state index in [9.17, 15) is 9.59 Å². The Balaban J connectivity index is 1.66. The Labute approximate surface area is 142 Å². The van der Waals surface area contributed by atoms with Gasteiger partial charge >= 0.3 is 0 Å². The third-order valence-corrected chi connectivity index (χ3v) is 4.17. The van der Waals surface area contributed by atoms with Crippen molar-refractivity contribution in [3.05, 3.63) is 29.8 Å². The van der Waals surface area contributed by atoms with Crippen LogP contribution in [0.2, 0.25) is 0 Å². The summed E-state index contributed by atoms with van der Waals surface area (Å²) in [6, 6.07) is 7.76. The summed E-state index contributed by atoms with van der Waals surface area (Å²) in [6.45, 7) is 1.75. The lowest BCUT2D eigenvalue weighted by Gasteiger charge is -2.09. The number of rotatable bonds is 10. The number of ether oxygens (including phenoxy) is 2. The molecule has 1 aromatic carbocycles. The van der Waals surface area contributed by atoms with Gasteiger partial charge < -0.3 is 20.1 Å². The molecule has 6 nitrogen and oxygen atoms in total. The van der Waals surface area contributed by atoms with E-state index < -0.39 is 0 Å². The minimum atomic E-state index is -0.190. The Morgan fingerprint density at radius 1 is 1.08 bits per heavy atom. The molecule has 2 rings (SSSR count). The molecule has 2 atom stereocenters. The molecule has 1 fully saturated rings. The van der Waals surface area contributed by atoms with Crippen LogP contribution >= 0.6 is 0 Å². The van der Waals surface area contributed by atoms with Crippen LogP contribution in [-0.2, 0) is 20.7 Å². The standard InChI is InChI=1S/C18H26N2O4/c1-23-11-5-9-19-17(21)14-12-15(14)18(22)20-10-8-13-6-3-4-7-16(13)24-2/h3-4,6-7,14-15H,5,8-12H2,1-2H3,(H,19,21)(H,20,22). The summed E-state index contributed by atoms with van der Waals surface area (Å²) < 4.78 is 10.2. The molecule has 0 saturated heterocycles. The van der Waals surface area contributed by atoms with E-state index in [-0.39, 0.29) is 23.7 Å². The van der Waals surface area contributed by atoms with Crippen molar-refractivity contribution in [2.24, 2.45) is 11.8 Å². The average molecular weight is 334 g/mol. The number of para-hydroxylation sites is 1. The highest BCUT2D eigenvalue weighted by Gasteiger charge is 2.47. The predicted molar refractivity (Wildman–Crippen MR) is 90.8 cm³/mol. The van der Waals surface area contributed by atoms with E-state index in [4.69, 9.17) is 9.47 Å². The number of hydrogen-bond acceptors (Lipinski definition) is 4. The molecule has 0 aromatic heterocycles. The smallest absolute Gasteiger partial charge is 0.223 e. The van der Waals surface area contributed by atoms with Crippen LogP contribution in [0, 0.1) is 11.8 Å².